The Bertz CT molecular complexity index is 479. The van der Waals surface area contributed by atoms with Crippen LogP contribution in [0.25, 0.3) is 0 Å². The van der Waals surface area contributed by atoms with E-state index in [4.69, 9.17) is 4.74 Å². The summed E-state index contributed by atoms with van der Waals surface area (Å²) in [6, 6.07) is 1.96. The summed E-state index contributed by atoms with van der Waals surface area (Å²) in [4.78, 5) is 16.8. The van der Waals surface area contributed by atoms with Crippen LogP contribution >= 0.6 is 11.3 Å². The topological polar surface area (TPSA) is 44.8 Å². The van der Waals surface area contributed by atoms with Crippen LogP contribution in [0.4, 0.5) is 0 Å². The highest BCUT2D eigenvalue weighted by molar-refractivity contribution is 7.07. The van der Waals surface area contributed by atoms with Crippen molar-refractivity contribution in [2.45, 2.75) is 32.2 Å². The number of nitrogens with zero attached hydrogens (tertiary/aromatic N) is 2. The molecule has 1 N–H and O–H groups in total. The zero-order valence-electron chi connectivity index (χ0n) is 12.6. The first-order valence-electron chi connectivity index (χ1n) is 7.61. The lowest BCUT2D eigenvalue weighted by Gasteiger charge is -2.35. The first-order chi connectivity index (χ1) is 10.2. The fourth-order valence-corrected chi connectivity index (χ4v) is 3.75. The maximum absolute atomic E-state index is 12.4. The van der Waals surface area contributed by atoms with Gasteiger partial charge in [0.05, 0.1) is 25.3 Å². The third-order valence-corrected chi connectivity index (χ3v) is 5.00. The van der Waals surface area contributed by atoms with Crippen molar-refractivity contribution in [1.29, 1.82) is 0 Å². The molecular formula is C15H23N3O2S. The Labute approximate surface area is 129 Å². The Hall–Kier alpha value is -0.950. The number of likely N-dealkylation sites (N-methyl/N-ethyl adjacent to an activating group) is 1. The van der Waals surface area contributed by atoms with Gasteiger partial charge in [-0.25, -0.2) is 0 Å². The minimum atomic E-state index is -0.124. The SMILES string of the molecule is CCN1CCOC(CN2C(=O)C(C)NC2c2ccsc2)C1. The molecule has 1 aromatic heterocycles. The zero-order valence-corrected chi connectivity index (χ0v) is 13.4. The number of hydrogen-bond donors (Lipinski definition) is 1. The van der Waals surface area contributed by atoms with Crippen molar-refractivity contribution < 1.29 is 9.53 Å². The van der Waals surface area contributed by atoms with Crippen molar-refractivity contribution >= 4 is 17.2 Å². The van der Waals surface area contributed by atoms with Gasteiger partial charge in [-0.3, -0.25) is 15.0 Å². The van der Waals surface area contributed by atoms with Crippen molar-refractivity contribution in [2.75, 3.05) is 32.8 Å². The van der Waals surface area contributed by atoms with E-state index in [2.05, 4.69) is 34.0 Å². The standard InChI is InChI=1S/C15H23N3O2S/c1-3-17-5-6-20-13(8-17)9-18-14(12-4-7-21-10-12)16-11(2)15(18)19/h4,7,10-11,13-14,16H,3,5-6,8-9H2,1-2H3. The number of carbonyl (C=O) groups excluding carboxylic acids is 1. The van der Waals surface area contributed by atoms with Crippen LogP contribution in [0.15, 0.2) is 16.8 Å². The Balaban J connectivity index is 1.70. The molecule has 0 bridgehead atoms. The Morgan fingerprint density at radius 1 is 1.52 bits per heavy atom. The van der Waals surface area contributed by atoms with Crippen molar-refractivity contribution in [3.8, 4) is 0 Å². The number of ether oxygens (including phenoxy) is 1. The molecule has 2 saturated heterocycles. The van der Waals surface area contributed by atoms with Gasteiger partial charge in [-0.15, -0.1) is 0 Å². The maximum Gasteiger partial charge on any atom is 0.241 e. The highest BCUT2D eigenvalue weighted by Gasteiger charge is 2.39. The highest BCUT2D eigenvalue weighted by Crippen LogP contribution is 2.27. The lowest BCUT2D eigenvalue weighted by atomic mass is 10.2. The number of rotatable bonds is 4. The van der Waals surface area contributed by atoms with Gasteiger partial charge in [-0.05, 0) is 35.9 Å². The lowest BCUT2D eigenvalue weighted by Crippen LogP contribution is -2.48. The maximum atomic E-state index is 12.4. The van der Waals surface area contributed by atoms with Crippen LogP contribution in [0.5, 0.6) is 0 Å². The molecule has 3 unspecified atom stereocenters. The zero-order chi connectivity index (χ0) is 14.8. The normalized spacial score (nSPS) is 31.0. The number of amides is 1. The van der Waals surface area contributed by atoms with Crippen LogP contribution < -0.4 is 5.32 Å². The number of thiophene rings is 1. The quantitative estimate of drug-likeness (QED) is 0.910. The molecule has 0 radical (unpaired) electrons. The van der Waals surface area contributed by atoms with E-state index in [9.17, 15) is 4.79 Å². The van der Waals surface area contributed by atoms with Crippen LogP contribution in [0, 0.1) is 0 Å². The van der Waals surface area contributed by atoms with Gasteiger partial charge in [-0.2, -0.15) is 11.3 Å². The summed E-state index contributed by atoms with van der Waals surface area (Å²) in [7, 11) is 0. The lowest BCUT2D eigenvalue weighted by molar-refractivity contribution is -0.133. The molecule has 2 fully saturated rings. The van der Waals surface area contributed by atoms with E-state index in [1.54, 1.807) is 11.3 Å². The van der Waals surface area contributed by atoms with E-state index < -0.39 is 0 Å². The van der Waals surface area contributed by atoms with E-state index in [1.807, 2.05) is 11.8 Å². The van der Waals surface area contributed by atoms with E-state index in [-0.39, 0.29) is 24.2 Å². The summed E-state index contributed by atoms with van der Waals surface area (Å²) in [6.07, 6.45) is 0.0928. The Morgan fingerprint density at radius 3 is 3.10 bits per heavy atom. The largest absolute Gasteiger partial charge is 0.374 e. The molecule has 1 aromatic rings. The van der Waals surface area contributed by atoms with Crippen LogP contribution in [0.2, 0.25) is 0 Å². The van der Waals surface area contributed by atoms with Crippen LogP contribution in [0.3, 0.4) is 0 Å². The molecule has 3 atom stereocenters. The first kappa shape index (κ1) is 15.0. The summed E-state index contributed by atoms with van der Waals surface area (Å²) in [5, 5.41) is 7.55. The molecule has 2 aliphatic heterocycles. The molecule has 21 heavy (non-hydrogen) atoms. The molecule has 0 aromatic carbocycles. The minimum Gasteiger partial charge on any atom is -0.374 e. The van der Waals surface area contributed by atoms with Gasteiger partial charge in [0.2, 0.25) is 5.91 Å². The monoisotopic (exact) mass is 309 g/mol. The third kappa shape index (κ3) is 3.13. The Kier molecular flexibility index (Phi) is 4.59. The summed E-state index contributed by atoms with van der Waals surface area (Å²) in [5.74, 6) is 0.170. The molecule has 0 spiro atoms. The Morgan fingerprint density at radius 2 is 2.38 bits per heavy atom. The average molecular weight is 309 g/mol. The van der Waals surface area contributed by atoms with E-state index in [0.717, 1.165) is 26.2 Å². The fraction of sp³-hybridized carbons (Fsp3) is 0.667. The molecular weight excluding hydrogens is 286 g/mol. The number of hydrogen-bond acceptors (Lipinski definition) is 5. The predicted molar refractivity (Wildman–Crippen MR) is 83.2 cm³/mol. The first-order valence-corrected chi connectivity index (χ1v) is 8.56. The van der Waals surface area contributed by atoms with Crippen molar-refractivity contribution in [2.24, 2.45) is 0 Å². The predicted octanol–water partition coefficient (Wildman–Crippen LogP) is 1.29. The van der Waals surface area contributed by atoms with Crippen molar-refractivity contribution in [3.63, 3.8) is 0 Å². The second-order valence-electron chi connectivity index (χ2n) is 5.72. The van der Waals surface area contributed by atoms with Gasteiger partial charge >= 0.3 is 0 Å². The molecule has 116 valence electrons. The molecule has 0 saturated carbocycles. The molecule has 1 amide bonds. The van der Waals surface area contributed by atoms with E-state index in [0.29, 0.717) is 6.54 Å². The molecule has 3 rings (SSSR count). The van der Waals surface area contributed by atoms with Crippen LogP contribution in [-0.2, 0) is 9.53 Å². The van der Waals surface area contributed by atoms with E-state index >= 15 is 0 Å². The summed E-state index contributed by atoms with van der Waals surface area (Å²) >= 11 is 1.66. The number of morpholine rings is 1. The molecule has 5 nitrogen and oxygen atoms in total. The second kappa shape index (κ2) is 6.44. The van der Waals surface area contributed by atoms with Gasteiger partial charge in [0.25, 0.3) is 0 Å². The number of carbonyl (C=O) groups is 1. The van der Waals surface area contributed by atoms with Gasteiger partial charge < -0.3 is 9.64 Å². The van der Waals surface area contributed by atoms with E-state index in [1.165, 1.54) is 5.56 Å². The highest BCUT2D eigenvalue weighted by atomic mass is 32.1. The minimum absolute atomic E-state index is 0.0145. The fourth-order valence-electron chi connectivity index (χ4n) is 3.07. The van der Waals surface area contributed by atoms with Crippen LogP contribution in [-0.4, -0.2) is 60.6 Å². The molecule has 6 heteroatoms. The molecule has 0 aliphatic carbocycles. The second-order valence-corrected chi connectivity index (χ2v) is 6.50. The van der Waals surface area contributed by atoms with Gasteiger partial charge in [-0.1, -0.05) is 6.92 Å². The van der Waals surface area contributed by atoms with Crippen LogP contribution in [0.1, 0.15) is 25.6 Å². The summed E-state index contributed by atoms with van der Waals surface area (Å²) in [6.45, 7) is 8.45. The molecule has 2 aliphatic rings. The van der Waals surface area contributed by atoms with Gasteiger partial charge in [0, 0.05) is 13.1 Å². The average Bonchev–Trinajstić information content (AvgIpc) is 3.11. The number of nitrogens with one attached hydrogen (secondary N) is 1. The summed E-state index contributed by atoms with van der Waals surface area (Å²) < 4.78 is 5.86. The smallest absolute Gasteiger partial charge is 0.241 e. The van der Waals surface area contributed by atoms with Crippen molar-refractivity contribution in [1.82, 2.24) is 15.1 Å². The van der Waals surface area contributed by atoms with Crippen molar-refractivity contribution in [3.05, 3.63) is 22.4 Å². The molecule has 3 heterocycles. The van der Waals surface area contributed by atoms with Gasteiger partial charge in [0.15, 0.2) is 0 Å². The van der Waals surface area contributed by atoms with Gasteiger partial charge in [0.1, 0.15) is 6.17 Å². The third-order valence-electron chi connectivity index (χ3n) is 4.30. The summed E-state index contributed by atoms with van der Waals surface area (Å²) in [5.41, 5.74) is 1.17.